The monoisotopic (exact) mass is 848 g/mol. The molecule has 3 rings (SSSR count). The minimum Gasteiger partial charge on any atom is -0.508 e. The standard InChI is InChI=1S/C38H56N8O14/c1-17(2)27(40)34(54)45-28(19(4)59-38-29(42-20(5)48)31(51)30(50)26(16-47)60-38)35(55)43-23(12-13-39)36(56)46-14-6-7-25(46)33(53)41-18(3)32(52)44-24(37(57)58)15-21-8-10-22(49)11-9-21/h8-11,17-19,23-31,38,47,49-51H,6-7,12,14-16,40H2,1-5H3,(H,41,53)(H,42,48)(H,43,55)(H,44,52)(H,45,54)(H,57,58)/t18-,19+,23-,24-,25-,26+,27-,28-,29+,30-,31+,38-/m0/s1. The fourth-order valence-corrected chi connectivity index (χ4v) is 6.62. The van der Waals surface area contributed by atoms with Crippen LogP contribution in [0, 0.1) is 17.2 Å². The van der Waals surface area contributed by atoms with Gasteiger partial charge in [0.05, 0.1) is 31.2 Å². The van der Waals surface area contributed by atoms with Gasteiger partial charge in [0.2, 0.25) is 35.4 Å². The molecule has 332 valence electrons. The number of phenols is 1. The predicted octanol–water partition coefficient (Wildman–Crippen LogP) is -3.78. The van der Waals surface area contributed by atoms with Gasteiger partial charge in [0, 0.05) is 19.9 Å². The second-order valence-corrected chi connectivity index (χ2v) is 15.1. The number of aliphatic hydroxyl groups excluding tert-OH is 3. The van der Waals surface area contributed by atoms with Crippen LogP contribution in [0.4, 0.5) is 0 Å². The zero-order valence-corrected chi connectivity index (χ0v) is 33.9. The molecule has 0 spiro atoms. The van der Waals surface area contributed by atoms with Gasteiger partial charge in [-0.1, -0.05) is 26.0 Å². The van der Waals surface area contributed by atoms with Crippen LogP contribution >= 0.6 is 0 Å². The molecule has 2 aliphatic rings. The minimum atomic E-state index is -1.70. The van der Waals surface area contributed by atoms with E-state index in [-0.39, 0.29) is 25.1 Å². The largest absolute Gasteiger partial charge is 0.508 e. The Balaban J connectivity index is 1.79. The highest BCUT2D eigenvalue weighted by Gasteiger charge is 2.47. The van der Waals surface area contributed by atoms with Crippen LogP contribution in [0.1, 0.15) is 59.4 Å². The van der Waals surface area contributed by atoms with Gasteiger partial charge in [-0.2, -0.15) is 5.26 Å². The van der Waals surface area contributed by atoms with Crippen molar-refractivity contribution >= 4 is 41.4 Å². The molecule has 2 fully saturated rings. The van der Waals surface area contributed by atoms with Crippen molar-refractivity contribution in [3.63, 3.8) is 0 Å². The van der Waals surface area contributed by atoms with Crippen molar-refractivity contribution in [2.24, 2.45) is 11.7 Å². The van der Waals surface area contributed by atoms with Crippen LogP contribution in [0.3, 0.4) is 0 Å². The van der Waals surface area contributed by atoms with E-state index in [1.54, 1.807) is 13.8 Å². The first-order valence-corrected chi connectivity index (χ1v) is 19.4. The molecule has 0 aliphatic carbocycles. The van der Waals surface area contributed by atoms with Crippen molar-refractivity contribution in [3.05, 3.63) is 29.8 Å². The normalized spacial score (nSPS) is 24.4. The van der Waals surface area contributed by atoms with E-state index in [1.807, 2.05) is 6.07 Å². The van der Waals surface area contributed by atoms with E-state index in [1.165, 1.54) is 38.1 Å². The van der Waals surface area contributed by atoms with E-state index in [0.717, 1.165) is 11.8 Å². The summed E-state index contributed by atoms with van der Waals surface area (Å²) >= 11 is 0. The number of carbonyl (C=O) groups is 7. The van der Waals surface area contributed by atoms with Crippen LogP contribution in [0.15, 0.2) is 24.3 Å². The molecular weight excluding hydrogens is 792 g/mol. The first-order valence-electron chi connectivity index (χ1n) is 19.4. The van der Waals surface area contributed by atoms with Gasteiger partial charge in [-0.15, -0.1) is 0 Å². The van der Waals surface area contributed by atoms with Crippen LogP contribution < -0.4 is 32.3 Å². The second-order valence-electron chi connectivity index (χ2n) is 15.1. The first kappa shape index (κ1) is 48.9. The van der Waals surface area contributed by atoms with Crippen LogP contribution in [-0.2, 0) is 49.5 Å². The van der Waals surface area contributed by atoms with Crippen molar-refractivity contribution in [3.8, 4) is 11.8 Å². The summed E-state index contributed by atoms with van der Waals surface area (Å²) in [5.74, 6) is -6.72. The number of amides is 6. The molecule has 1 aromatic rings. The fourth-order valence-electron chi connectivity index (χ4n) is 6.62. The van der Waals surface area contributed by atoms with E-state index in [0.29, 0.717) is 12.0 Å². The molecule has 0 bridgehead atoms. The number of aliphatic hydroxyl groups is 3. The second kappa shape index (κ2) is 22.2. The zero-order valence-electron chi connectivity index (χ0n) is 33.9. The van der Waals surface area contributed by atoms with Crippen molar-refractivity contribution in [2.75, 3.05) is 13.2 Å². The highest BCUT2D eigenvalue weighted by molar-refractivity contribution is 5.97. The Morgan fingerprint density at radius 1 is 0.950 bits per heavy atom. The predicted molar refractivity (Wildman–Crippen MR) is 207 cm³/mol. The summed E-state index contributed by atoms with van der Waals surface area (Å²) in [7, 11) is 0. The van der Waals surface area contributed by atoms with Gasteiger partial charge in [0.25, 0.3) is 0 Å². The first-order chi connectivity index (χ1) is 28.2. The van der Waals surface area contributed by atoms with Crippen LogP contribution in [-0.4, -0.2) is 158 Å². The van der Waals surface area contributed by atoms with Crippen molar-refractivity contribution in [1.29, 1.82) is 5.26 Å². The molecule has 0 aromatic heterocycles. The van der Waals surface area contributed by atoms with Crippen LogP contribution in [0.2, 0.25) is 0 Å². The molecule has 6 amide bonds. The molecule has 12 atom stereocenters. The number of nitrogens with two attached hydrogens (primary N) is 1. The highest BCUT2D eigenvalue weighted by atomic mass is 16.7. The van der Waals surface area contributed by atoms with Crippen molar-refractivity contribution < 1.29 is 68.6 Å². The Morgan fingerprint density at radius 3 is 2.15 bits per heavy atom. The molecule has 2 aliphatic heterocycles. The number of carboxylic acids is 1. The Hall–Kier alpha value is -5.44. The SMILES string of the molecule is CC(=O)N[C@H]1[C@@H](O[C@H](C)[C@H](NC(=O)[C@@H](N)C(C)C)C(=O)N[C@@H](CC#N)C(=O)N2CCC[C@H]2C(=O)N[C@@H](C)C(=O)N[C@@H](Cc2ccc(O)cc2)C(=O)O)O[C@H](CO)[C@H](O)[C@@H]1O. The third-order valence-corrected chi connectivity index (χ3v) is 10.2. The fraction of sp³-hybridized carbons (Fsp3) is 0.632. The van der Waals surface area contributed by atoms with E-state index >= 15 is 0 Å². The van der Waals surface area contributed by atoms with Gasteiger partial charge in [-0.25, -0.2) is 4.79 Å². The lowest BCUT2D eigenvalue weighted by Gasteiger charge is -2.43. The van der Waals surface area contributed by atoms with Crippen molar-refractivity contribution in [2.45, 2.75) is 133 Å². The zero-order chi connectivity index (χ0) is 45.0. The summed E-state index contributed by atoms with van der Waals surface area (Å²) in [5, 5.41) is 71.9. The third kappa shape index (κ3) is 13.0. The number of nitrogens with zero attached hydrogens (tertiary/aromatic N) is 2. The van der Waals surface area contributed by atoms with E-state index in [4.69, 9.17) is 15.2 Å². The Kier molecular flexibility index (Phi) is 18.1. The molecule has 22 nitrogen and oxygen atoms in total. The highest BCUT2D eigenvalue weighted by Crippen LogP contribution is 2.25. The number of phenolic OH excluding ortho intramolecular Hbond substituents is 1. The lowest BCUT2D eigenvalue weighted by molar-refractivity contribution is -0.281. The number of carbonyl (C=O) groups excluding carboxylic acids is 6. The molecule has 60 heavy (non-hydrogen) atoms. The smallest absolute Gasteiger partial charge is 0.326 e. The van der Waals surface area contributed by atoms with Crippen LogP contribution in [0.25, 0.3) is 0 Å². The van der Waals surface area contributed by atoms with E-state index < -0.39 is 133 Å². The lowest BCUT2D eigenvalue weighted by atomic mass is 9.96. The van der Waals surface area contributed by atoms with Crippen molar-refractivity contribution in [1.82, 2.24) is 31.5 Å². The Labute approximate surface area is 346 Å². The molecule has 22 heteroatoms. The van der Waals surface area contributed by atoms with E-state index in [2.05, 4.69) is 26.6 Å². The summed E-state index contributed by atoms with van der Waals surface area (Å²) < 4.78 is 11.5. The van der Waals surface area contributed by atoms with E-state index in [9.17, 15) is 64.4 Å². The molecule has 0 saturated carbocycles. The number of hydrogen-bond acceptors (Lipinski definition) is 15. The molecule has 2 saturated heterocycles. The lowest BCUT2D eigenvalue weighted by Crippen LogP contribution is -2.66. The van der Waals surface area contributed by atoms with Crippen LogP contribution in [0.5, 0.6) is 5.75 Å². The van der Waals surface area contributed by atoms with Gasteiger partial charge in [-0.05, 0) is 50.3 Å². The molecular formula is C38H56N8O14. The molecule has 2 heterocycles. The number of hydrogen-bond donors (Lipinski definition) is 11. The maximum absolute atomic E-state index is 14.0. The number of carboxylic acid groups (broad SMARTS) is 1. The minimum absolute atomic E-state index is 0.0235. The molecule has 0 unspecified atom stereocenters. The number of aliphatic carboxylic acids is 1. The molecule has 12 N–H and O–H groups in total. The number of benzene rings is 1. The summed E-state index contributed by atoms with van der Waals surface area (Å²) in [6.45, 7) is 6.32. The number of likely N-dealkylation sites (tertiary alicyclic amines) is 1. The Morgan fingerprint density at radius 2 is 1.58 bits per heavy atom. The number of aromatic hydroxyl groups is 1. The average molecular weight is 849 g/mol. The molecule has 1 aromatic carbocycles. The maximum Gasteiger partial charge on any atom is 0.326 e. The van der Waals surface area contributed by atoms with Gasteiger partial charge in [0.1, 0.15) is 60.3 Å². The summed E-state index contributed by atoms with van der Waals surface area (Å²) in [6.07, 6.45) is -7.96. The topological polar surface area (TPSA) is 352 Å². The number of nitriles is 1. The number of nitrogens with one attached hydrogen (secondary N) is 5. The summed E-state index contributed by atoms with van der Waals surface area (Å²) in [6, 6.07) is -2.05. The maximum atomic E-state index is 14.0. The summed E-state index contributed by atoms with van der Waals surface area (Å²) in [4.78, 5) is 92.7. The number of rotatable bonds is 19. The number of ether oxygens (including phenoxy) is 2. The third-order valence-electron chi connectivity index (χ3n) is 10.2. The van der Waals surface area contributed by atoms with Gasteiger partial charge in [-0.3, -0.25) is 28.8 Å². The van der Waals surface area contributed by atoms with Gasteiger partial charge in [0.15, 0.2) is 6.29 Å². The molecule has 0 radical (unpaired) electrons. The Bertz CT molecular complexity index is 1740. The van der Waals surface area contributed by atoms with Gasteiger partial charge < -0.3 is 72.2 Å². The van der Waals surface area contributed by atoms with Gasteiger partial charge >= 0.3 is 5.97 Å². The quantitative estimate of drug-likeness (QED) is 0.0636. The average Bonchev–Trinajstić information content (AvgIpc) is 3.69. The summed E-state index contributed by atoms with van der Waals surface area (Å²) in [5.41, 5.74) is 6.55.